The molecule has 0 saturated heterocycles. The van der Waals surface area contributed by atoms with Gasteiger partial charge in [0.05, 0.1) is 34.0 Å². The molecule has 5 nitrogen and oxygen atoms in total. The number of amides is 1. The number of aryl methyl sites for hydroxylation is 1. The zero-order valence-electron chi connectivity index (χ0n) is 12.3. The Balaban J connectivity index is 2.40. The number of nitrogens with one attached hydrogen (secondary N) is 1. The fourth-order valence-corrected chi connectivity index (χ4v) is 2.61. The Morgan fingerprint density at radius 1 is 1.13 bits per heavy atom. The van der Waals surface area contributed by atoms with Crippen LogP contribution in [-0.2, 0) is 0 Å². The van der Waals surface area contributed by atoms with E-state index in [0.29, 0.717) is 11.3 Å². The van der Waals surface area contributed by atoms with E-state index in [4.69, 9.17) is 33.0 Å². The highest BCUT2D eigenvalue weighted by atomic mass is 35.5. The van der Waals surface area contributed by atoms with Crippen molar-refractivity contribution in [1.82, 2.24) is 0 Å². The van der Waals surface area contributed by atoms with E-state index in [9.17, 15) is 9.59 Å². The van der Waals surface area contributed by atoms with Gasteiger partial charge in [-0.05, 0) is 30.7 Å². The van der Waals surface area contributed by atoms with Crippen molar-refractivity contribution in [3.63, 3.8) is 0 Å². The minimum Gasteiger partial charge on any atom is -0.496 e. The average molecular weight is 354 g/mol. The van der Waals surface area contributed by atoms with Gasteiger partial charge in [-0.3, -0.25) is 4.79 Å². The maximum Gasteiger partial charge on any atom is 0.337 e. The summed E-state index contributed by atoms with van der Waals surface area (Å²) in [5.74, 6) is -1.24. The highest BCUT2D eigenvalue weighted by molar-refractivity contribution is 6.38. The molecule has 2 N–H and O–H groups in total. The zero-order chi connectivity index (χ0) is 17.1. The first-order valence-corrected chi connectivity index (χ1v) is 7.28. The second kappa shape index (κ2) is 6.89. The molecule has 2 aromatic rings. The van der Waals surface area contributed by atoms with E-state index in [1.54, 1.807) is 12.1 Å². The molecule has 2 rings (SSSR count). The molecule has 0 spiro atoms. The van der Waals surface area contributed by atoms with Gasteiger partial charge in [0.15, 0.2) is 0 Å². The molecule has 2 aromatic carbocycles. The number of carboxylic acids is 1. The number of aromatic carboxylic acids is 1. The van der Waals surface area contributed by atoms with Gasteiger partial charge in [-0.2, -0.15) is 0 Å². The van der Waals surface area contributed by atoms with Crippen LogP contribution in [0.1, 0.15) is 26.3 Å². The minimum atomic E-state index is -1.21. The topological polar surface area (TPSA) is 75.6 Å². The second-order valence-electron chi connectivity index (χ2n) is 4.73. The lowest BCUT2D eigenvalue weighted by atomic mass is 10.1. The van der Waals surface area contributed by atoms with Crippen molar-refractivity contribution in [2.45, 2.75) is 6.92 Å². The lowest BCUT2D eigenvalue weighted by molar-refractivity contribution is 0.0696. The predicted octanol–water partition coefficient (Wildman–Crippen LogP) is 4.26. The summed E-state index contributed by atoms with van der Waals surface area (Å²) in [4.78, 5) is 23.6. The molecule has 0 bridgehead atoms. The van der Waals surface area contributed by atoms with Crippen molar-refractivity contribution in [3.8, 4) is 5.75 Å². The third-order valence-electron chi connectivity index (χ3n) is 3.20. The fraction of sp³-hybridized carbons (Fsp3) is 0.125. The summed E-state index contributed by atoms with van der Waals surface area (Å²) in [6.07, 6.45) is 0. The third-order valence-corrected chi connectivity index (χ3v) is 3.82. The molecule has 7 heteroatoms. The van der Waals surface area contributed by atoms with Crippen molar-refractivity contribution in [3.05, 3.63) is 57.1 Å². The van der Waals surface area contributed by atoms with Crippen LogP contribution in [-0.4, -0.2) is 24.1 Å². The maximum absolute atomic E-state index is 12.4. The molecular formula is C16H13Cl2NO4. The molecule has 0 aliphatic carbocycles. The zero-order valence-corrected chi connectivity index (χ0v) is 13.8. The van der Waals surface area contributed by atoms with E-state index in [2.05, 4.69) is 5.32 Å². The van der Waals surface area contributed by atoms with Gasteiger partial charge in [0.25, 0.3) is 5.91 Å². The number of carbonyl (C=O) groups is 2. The van der Waals surface area contributed by atoms with Gasteiger partial charge in [0, 0.05) is 0 Å². The van der Waals surface area contributed by atoms with Gasteiger partial charge in [0.1, 0.15) is 5.75 Å². The summed E-state index contributed by atoms with van der Waals surface area (Å²) in [6, 6.07) is 7.62. The Morgan fingerprint density at radius 3 is 2.43 bits per heavy atom. The number of anilines is 1. The normalized spacial score (nSPS) is 10.3. The quantitative estimate of drug-likeness (QED) is 0.860. The summed E-state index contributed by atoms with van der Waals surface area (Å²) in [7, 11) is 1.47. The number of carbonyl (C=O) groups excluding carboxylic acids is 1. The molecule has 0 fully saturated rings. The molecule has 0 unspecified atom stereocenters. The van der Waals surface area contributed by atoms with Gasteiger partial charge in [0.2, 0.25) is 0 Å². The first-order chi connectivity index (χ1) is 10.8. The summed E-state index contributed by atoms with van der Waals surface area (Å²) in [6.45, 7) is 1.81. The van der Waals surface area contributed by atoms with Gasteiger partial charge >= 0.3 is 5.97 Å². The van der Waals surface area contributed by atoms with Crippen LogP contribution in [0.2, 0.25) is 10.0 Å². The van der Waals surface area contributed by atoms with Crippen molar-refractivity contribution in [2.24, 2.45) is 0 Å². The van der Waals surface area contributed by atoms with Crippen LogP contribution in [0.4, 0.5) is 5.69 Å². The number of halogens is 2. The summed E-state index contributed by atoms with van der Waals surface area (Å²) >= 11 is 11.8. The Morgan fingerprint density at radius 2 is 1.83 bits per heavy atom. The number of methoxy groups -OCH3 is 1. The molecule has 0 aliphatic rings. The van der Waals surface area contributed by atoms with Gasteiger partial charge < -0.3 is 15.2 Å². The monoisotopic (exact) mass is 353 g/mol. The first kappa shape index (κ1) is 17.1. The molecule has 1 amide bonds. The predicted molar refractivity (Wildman–Crippen MR) is 89.1 cm³/mol. The van der Waals surface area contributed by atoms with Crippen LogP contribution in [0.25, 0.3) is 0 Å². The van der Waals surface area contributed by atoms with Crippen molar-refractivity contribution < 1.29 is 19.4 Å². The number of para-hydroxylation sites is 1. The third kappa shape index (κ3) is 3.57. The SMILES string of the molecule is COc1c(C)cccc1C(=O)Nc1cc(C(=O)O)c(Cl)cc1Cl. The molecule has 0 radical (unpaired) electrons. The maximum atomic E-state index is 12.4. The molecule has 23 heavy (non-hydrogen) atoms. The standard InChI is InChI=1S/C16H13Cl2NO4/c1-8-4-3-5-9(14(8)23-2)15(20)19-13-6-10(16(21)22)11(17)7-12(13)18/h3-7H,1-2H3,(H,19,20)(H,21,22). The average Bonchev–Trinajstić information content (AvgIpc) is 2.49. The van der Waals surface area contributed by atoms with Crippen LogP contribution in [0.5, 0.6) is 5.75 Å². The van der Waals surface area contributed by atoms with Crippen molar-refractivity contribution in [1.29, 1.82) is 0 Å². The van der Waals surface area contributed by atoms with Crippen LogP contribution in [0.3, 0.4) is 0 Å². The smallest absolute Gasteiger partial charge is 0.337 e. The number of ether oxygens (including phenoxy) is 1. The van der Waals surface area contributed by atoms with Gasteiger partial charge in [-0.25, -0.2) is 4.79 Å². The van der Waals surface area contributed by atoms with E-state index in [1.807, 2.05) is 13.0 Å². The molecule has 0 heterocycles. The number of hydrogen-bond donors (Lipinski definition) is 2. The molecule has 0 saturated carbocycles. The van der Waals surface area contributed by atoms with E-state index >= 15 is 0 Å². The van der Waals surface area contributed by atoms with Gasteiger partial charge in [-0.15, -0.1) is 0 Å². The lowest BCUT2D eigenvalue weighted by Crippen LogP contribution is -2.14. The van der Waals surface area contributed by atoms with Crippen molar-refractivity contribution in [2.75, 3.05) is 12.4 Å². The number of rotatable bonds is 4. The number of carboxylic acid groups (broad SMARTS) is 1. The largest absolute Gasteiger partial charge is 0.496 e. The van der Waals surface area contributed by atoms with Crippen LogP contribution in [0.15, 0.2) is 30.3 Å². The van der Waals surface area contributed by atoms with Crippen molar-refractivity contribution >= 4 is 40.8 Å². The van der Waals surface area contributed by atoms with Crippen LogP contribution >= 0.6 is 23.2 Å². The Bertz CT molecular complexity index is 790. The van der Waals surface area contributed by atoms with Gasteiger partial charge in [-0.1, -0.05) is 35.3 Å². The fourth-order valence-electron chi connectivity index (χ4n) is 2.10. The highest BCUT2D eigenvalue weighted by Crippen LogP contribution is 2.31. The Hall–Kier alpha value is -2.24. The lowest BCUT2D eigenvalue weighted by Gasteiger charge is -2.13. The van der Waals surface area contributed by atoms with E-state index in [0.717, 1.165) is 5.56 Å². The van der Waals surface area contributed by atoms with E-state index < -0.39 is 11.9 Å². The Labute approximate surface area is 142 Å². The Kier molecular flexibility index (Phi) is 5.13. The summed E-state index contributed by atoms with van der Waals surface area (Å²) in [5.41, 5.74) is 1.12. The van der Waals surface area contributed by atoms with E-state index in [-0.39, 0.29) is 21.3 Å². The molecule has 120 valence electrons. The molecule has 0 aliphatic heterocycles. The molecule has 0 atom stereocenters. The summed E-state index contributed by atoms with van der Waals surface area (Å²) in [5, 5.41) is 11.8. The minimum absolute atomic E-state index is 0.00589. The summed E-state index contributed by atoms with van der Waals surface area (Å²) < 4.78 is 5.24. The molecule has 0 aromatic heterocycles. The number of benzene rings is 2. The first-order valence-electron chi connectivity index (χ1n) is 6.52. The van der Waals surface area contributed by atoms with Crippen LogP contribution in [0, 0.1) is 6.92 Å². The molecular weight excluding hydrogens is 341 g/mol. The van der Waals surface area contributed by atoms with E-state index in [1.165, 1.54) is 19.2 Å². The second-order valence-corrected chi connectivity index (χ2v) is 5.54. The van der Waals surface area contributed by atoms with Crippen LogP contribution < -0.4 is 10.1 Å². The number of hydrogen-bond acceptors (Lipinski definition) is 3. The highest BCUT2D eigenvalue weighted by Gasteiger charge is 2.18.